The summed E-state index contributed by atoms with van der Waals surface area (Å²) < 4.78 is 10.7. The summed E-state index contributed by atoms with van der Waals surface area (Å²) in [6.45, 7) is 14.7. The summed E-state index contributed by atoms with van der Waals surface area (Å²) >= 11 is 5.56. The van der Waals surface area contributed by atoms with Crippen molar-refractivity contribution in [3.05, 3.63) is 0 Å². The van der Waals surface area contributed by atoms with Crippen LogP contribution in [0.2, 0.25) is 0 Å². The van der Waals surface area contributed by atoms with Crippen molar-refractivity contribution in [3.63, 3.8) is 0 Å². The second-order valence-electron chi connectivity index (χ2n) is 12.5. The van der Waals surface area contributed by atoms with E-state index in [1.807, 2.05) is 46.4 Å². The van der Waals surface area contributed by atoms with Gasteiger partial charge in [-0.25, -0.2) is 9.59 Å². The van der Waals surface area contributed by atoms with Gasteiger partial charge >= 0.3 is 12.2 Å². The van der Waals surface area contributed by atoms with Crippen LogP contribution in [0, 0.1) is 0 Å². The molecular weight excluding hydrogens is 524 g/mol. The second-order valence-corrected chi connectivity index (χ2v) is 12.9. The number of amides is 4. The molecule has 0 aromatic rings. The summed E-state index contributed by atoms with van der Waals surface area (Å²) in [6.07, 6.45) is 5.59. The van der Waals surface area contributed by atoms with Gasteiger partial charge in [-0.3, -0.25) is 9.59 Å². The van der Waals surface area contributed by atoms with Crippen molar-refractivity contribution in [1.29, 1.82) is 0 Å². The summed E-state index contributed by atoms with van der Waals surface area (Å²) in [5, 5.41) is 2.99. The van der Waals surface area contributed by atoms with Crippen LogP contribution in [0.3, 0.4) is 0 Å². The number of likely N-dealkylation sites (tertiary alicyclic amines) is 3. The maximum absolute atomic E-state index is 11.9. The zero-order chi connectivity index (χ0) is 29.2. The zero-order valence-corrected chi connectivity index (χ0v) is 25.5. The topological polar surface area (TPSA) is 108 Å². The number of rotatable bonds is 5. The molecule has 0 aromatic carbocycles. The maximum atomic E-state index is 11.9. The minimum absolute atomic E-state index is 0.0429. The van der Waals surface area contributed by atoms with Gasteiger partial charge in [0, 0.05) is 63.5 Å². The fourth-order valence-electron chi connectivity index (χ4n) is 4.80. The quantitative estimate of drug-likeness (QED) is 0.485. The lowest BCUT2D eigenvalue weighted by Crippen LogP contribution is -2.48. The number of hydrogen-bond donors (Lipinski definition) is 1. The Hall–Kier alpha value is -2.23. The Morgan fingerprint density at radius 3 is 1.74 bits per heavy atom. The number of carbonyl (C=O) groups excluding carboxylic acids is 4. The van der Waals surface area contributed by atoms with Gasteiger partial charge < -0.3 is 29.5 Å². The fraction of sp³-hybridized carbons (Fsp3) is 0.857. The third kappa shape index (κ3) is 12.2. The first-order chi connectivity index (χ1) is 18.2. The standard InChI is InChI=1S/C14H25ClN2O3.C14H24N2O3/c1-14(2,3)20-13(19)17-9-6-11(7-10-17)16-12(18)5-4-8-15;1-14(2,3)19-13(18)15-9-6-11(7-10-15)16-8-4-5-12(16)17/h11H,4-10H2,1-3H3,(H,16,18);11H,4-10H2,1-3H3. The van der Waals surface area contributed by atoms with Crippen LogP contribution in [0.25, 0.3) is 0 Å². The number of nitrogens with one attached hydrogen (secondary N) is 1. The highest BCUT2D eigenvalue weighted by Crippen LogP contribution is 2.23. The van der Waals surface area contributed by atoms with Crippen molar-refractivity contribution in [3.8, 4) is 0 Å². The lowest BCUT2D eigenvalue weighted by Gasteiger charge is -2.37. The molecular formula is C28H49ClN4O6. The van der Waals surface area contributed by atoms with Gasteiger partial charge in [-0.1, -0.05) is 0 Å². The molecule has 224 valence electrons. The molecule has 0 saturated carbocycles. The van der Waals surface area contributed by atoms with Crippen molar-refractivity contribution in [2.24, 2.45) is 0 Å². The molecule has 4 amide bonds. The average molecular weight is 573 g/mol. The summed E-state index contributed by atoms with van der Waals surface area (Å²) in [6, 6.07) is 0.463. The summed E-state index contributed by atoms with van der Waals surface area (Å²) in [5.41, 5.74) is -0.914. The lowest BCUT2D eigenvalue weighted by atomic mass is 10.0. The average Bonchev–Trinajstić information content (AvgIpc) is 3.27. The predicted octanol–water partition coefficient (Wildman–Crippen LogP) is 4.53. The molecule has 10 nitrogen and oxygen atoms in total. The summed E-state index contributed by atoms with van der Waals surface area (Å²) in [7, 11) is 0. The van der Waals surface area contributed by atoms with E-state index in [4.69, 9.17) is 21.1 Å². The highest BCUT2D eigenvalue weighted by Gasteiger charge is 2.33. The molecule has 0 unspecified atom stereocenters. The molecule has 3 fully saturated rings. The van der Waals surface area contributed by atoms with Gasteiger partial charge in [-0.2, -0.15) is 0 Å². The first-order valence-corrected chi connectivity index (χ1v) is 14.8. The number of hydrogen-bond acceptors (Lipinski definition) is 6. The molecule has 3 rings (SSSR count). The van der Waals surface area contributed by atoms with Crippen molar-refractivity contribution in [2.75, 3.05) is 38.6 Å². The van der Waals surface area contributed by atoms with Crippen LogP contribution in [0.15, 0.2) is 0 Å². The number of alkyl halides is 1. The minimum atomic E-state index is -0.469. The Labute approximate surface area is 239 Å². The molecule has 0 radical (unpaired) electrons. The molecule has 11 heteroatoms. The second kappa shape index (κ2) is 15.0. The van der Waals surface area contributed by atoms with Gasteiger partial charge in [0.05, 0.1) is 0 Å². The largest absolute Gasteiger partial charge is 0.444 e. The van der Waals surface area contributed by atoms with Gasteiger partial charge in [-0.15, -0.1) is 11.6 Å². The number of carbonyl (C=O) groups is 4. The zero-order valence-electron chi connectivity index (χ0n) is 24.7. The van der Waals surface area contributed by atoms with Crippen LogP contribution in [-0.4, -0.2) is 101 Å². The molecule has 3 heterocycles. The number of piperidine rings is 2. The van der Waals surface area contributed by atoms with Crippen LogP contribution >= 0.6 is 11.6 Å². The van der Waals surface area contributed by atoms with Gasteiger partial charge in [0.15, 0.2) is 0 Å². The fourth-order valence-corrected chi connectivity index (χ4v) is 4.94. The smallest absolute Gasteiger partial charge is 0.410 e. The normalized spacial score (nSPS) is 19.4. The monoisotopic (exact) mass is 572 g/mol. The van der Waals surface area contributed by atoms with E-state index in [0.29, 0.717) is 57.4 Å². The molecule has 39 heavy (non-hydrogen) atoms. The molecule has 0 bridgehead atoms. The van der Waals surface area contributed by atoms with E-state index in [1.54, 1.807) is 9.80 Å². The van der Waals surface area contributed by atoms with Crippen LogP contribution in [-0.2, 0) is 19.1 Å². The van der Waals surface area contributed by atoms with Crippen molar-refractivity contribution >= 4 is 35.6 Å². The molecule has 3 saturated heterocycles. The van der Waals surface area contributed by atoms with E-state index >= 15 is 0 Å². The van der Waals surface area contributed by atoms with E-state index < -0.39 is 11.2 Å². The highest BCUT2D eigenvalue weighted by molar-refractivity contribution is 6.17. The van der Waals surface area contributed by atoms with E-state index in [1.165, 1.54) is 0 Å². The summed E-state index contributed by atoms with van der Waals surface area (Å²) in [4.78, 5) is 52.6. The van der Waals surface area contributed by atoms with Crippen molar-refractivity contribution in [1.82, 2.24) is 20.0 Å². The van der Waals surface area contributed by atoms with Crippen LogP contribution in [0.4, 0.5) is 9.59 Å². The van der Waals surface area contributed by atoms with Crippen LogP contribution in [0.1, 0.15) is 92.9 Å². The Balaban J connectivity index is 0.000000274. The number of nitrogens with zero attached hydrogens (tertiary/aromatic N) is 3. The Kier molecular flexibility index (Phi) is 12.6. The molecule has 0 aliphatic carbocycles. The summed E-state index contributed by atoms with van der Waals surface area (Å²) in [5.74, 6) is 0.821. The predicted molar refractivity (Wildman–Crippen MR) is 151 cm³/mol. The molecule has 0 atom stereocenters. The van der Waals surface area contributed by atoms with E-state index in [-0.39, 0.29) is 30.0 Å². The number of halogens is 1. The van der Waals surface area contributed by atoms with Crippen molar-refractivity contribution in [2.45, 2.75) is 116 Å². The lowest BCUT2D eigenvalue weighted by molar-refractivity contribution is -0.130. The van der Waals surface area contributed by atoms with Gasteiger partial charge in [0.2, 0.25) is 11.8 Å². The van der Waals surface area contributed by atoms with E-state index in [2.05, 4.69) is 5.32 Å². The SMILES string of the molecule is CC(C)(C)OC(=O)N1CCC(N2CCCC2=O)CC1.CC(C)(C)OC(=O)N1CCC(NC(=O)CCCCl)CC1. The van der Waals surface area contributed by atoms with Gasteiger partial charge in [-0.05, 0) is 80.1 Å². The minimum Gasteiger partial charge on any atom is -0.444 e. The van der Waals surface area contributed by atoms with Gasteiger partial charge in [0.25, 0.3) is 0 Å². The highest BCUT2D eigenvalue weighted by atomic mass is 35.5. The first kappa shape index (κ1) is 33.0. The van der Waals surface area contributed by atoms with E-state index in [9.17, 15) is 19.2 Å². The van der Waals surface area contributed by atoms with Crippen LogP contribution < -0.4 is 5.32 Å². The molecule has 0 spiro atoms. The molecule has 3 aliphatic rings. The van der Waals surface area contributed by atoms with Crippen molar-refractivity contribution < 1.29 is 28.7 Å². The number of ether oxygens (including phenoxy) is 2. The first-order valence-electron chi connectivity index (χ1n) is 14.3. The van der Waals surface area contributed by atoms with Crippen LogP contribution in [0.5, 0.6) is 0 Å². The molecule has 0 aromatic heterocycles. The Morgan fingerprint density at radius 1 is 0.846 bits per heavy atom. The van der Waals surface area contributed by atoms with Gasteiger partial charge in [0.1, 0.15) is 11.2 Å². The Morgan fingerprint density at radius 2 is 1.33 bits per heavy atom. The third-order valence-corrected chi connectivity index (χ3v) is 6.98. The molecule has 3 aliphatic heterocycles. The van der Waals surface area contributed by atoms with E-state index in [0.717, 1.165) is 38.6 Å². The Bertz CT molecular complexity index is 825. The molecule has 1 N–H and O–H groups in total. The maximum Gasteiger partial charge on any atom is 0.410 e. The third-order valence-electron chi connectivity index (χ3n) is 6.72.